The highest BCUT2D eigenvalue weighted by atomic mass is 32.2. The number of hydrogen-bond acceptors (Lipinski definition) is 3. The van der Waals surface area contributed by atoms with Crippen molar-refractivity contribution >= 4 is 15.6 Å². The molecule has 0 N–H and O–H groups in total. The van der Waals surface area contributed by atoms with E-state index >= 15 is 0 Å². The maximum Gasteiger partial charge on any atom is 0.184 e. The summed E-state index contributed by atoms with van der Waals surface area (Å²) in [7, 11) is -3.43. The highest BCUT2D eigenvalue weighted by molar-refractivity contribution is 7.92. The van der Waals surface area contributed by atoms with Gasteiger partial charge in [-0.1, -0.05) is 24.3 Å². The van der Waals surface area contributed by atoms with Crippen molar-refractivity contribution in [1.82, 2.24) is 0 Å². The third-order valence-corrected chi connectivity index (χ3v) is 6.47. The molecule has 19 heavy (non-hydrogen) atoms. The van der Waals surface area contributed by atoms with Crippen LogP contribution in [0.4, 0.5) is 0 Å². The number of Topliss-reactive ketones (excluding diaryl/α,β-unsaturated/α-hetero) is 1. The topological polar surface area (TPSA) is 51.2 Å². The van der Waals surface area contributed by atoms with E-state index in [-0.39, 0.29) is 5.78 Å². The highest BCUT2D eigenvalue weighted by Crippen LogP contribution is 2.40. The Morgan fingerprint density at radius 2 is 1.74 bits per heavy atom. The summed E-state index contributed by atoms with van der Waals surface area (Å²) in [6.45, 7) is 3.68. The molecule has 3 nitrogen and oxygen atoms in total. The normalized spacial score (nSPS) is 19.1. The van der Waals surface area contributed by atoms with Gasteiger partial charge in [0.15, 0.2) is 9.84 Å². The number of carbonyl (C=O) groups is 1. The number of benzene rings is 1. The zero-order valence-electron chi connectivity index (χ0n) is 10.8. The van der Waals surface area contributed by atoms with Crippen molar-refractivity contribution in [3.63, 3.8) is 0 Å². The molecule has 0 radical (unpaired) electrons. The smallest absolute Gasteiger partial charge is 0.184 e. The lowest BCUT2D eigenvalue weighted by atomic mass is 9.85. The van der Waals surface area contributed by atoms with Crippen molar-refractivity contribution in [3.8, 4) is 0 Å². The first-order valence-corrected chi connectivity index (χ1v) is 7.92. The second-order valence-electron chi connectivity index (χ2n) is 5.03. The molecule has 0 atom stereocenters. The summed E-state index contributed by atoms with van der Waals surface area (Å²) in [5, 5.41) is 0. The first-order chi connectivity index (χ1) is 9.02. The van der Waals surface area contributed by atoms with Crippen molar-refractivity contribution in [1.29, 1.82) is 0 Å². The van der Waals surface area contributed by atoms with Crippen LogP contribution in [0, 0.1) is 0 Å². The molecule has 0 aliphatic heterocycles. The van der Waals surface area contributed by atoms with Crippen LogP contribution in [0.3, 0.4) is 0 Å². The molecule has 0 heterocycles. The van der Waals surface area contributed by atoms with Crippen LogP contribution in [-0.2, 0) is 14.6 Å². The lowest BCUT2D eigenvalue weighted by molar-refractivity contribution is -0.120. The maximum absolute atomic E-state index is 12.8. The molecule has 1 saturated carbocycles. The van der Waals surface area contributed by atoms with Gasteiger partial charge in [0.05, 0.1) is 9.64 Å². The summed E-state index contributed by atoms with van der Waals surface area (Å²) >= 11 is 0. The minimum Gasteiger partial charge on any atom is -0.300 e. The zero-order valence-corrected chi connectivity index (χ0v) is 11.7. The number of hydrogen-bond donors (Lipinski definition) is 0. The molecule has 4 heteroatoms. The predicted molar refractivity (Wildman–Crippen MR) is 74.6 cm³/mol. The lowest BCUT2D eigenvalue weighted by Crippen LogP contribution is -2.42. The van der Waals surface area contributed by atoms with Crippen molar-refractivity contribution < 1.29 is 13.2 Å². The van der Waals surface area contributed by atoms with E-state index in [1.807, 2.05) is 0 Å². The molecular weight excluding hydrogens is 260 g/mol. The van der Waals surface area contributed by atoms with E-state index in [1.165, 1.54) is 0 Å². The number of carbonyl (C=O) groups excluding carboxylic acids is 1. The van der Waals surface area contributed by atoms with Gasteiger partial charge in [0, 0.05) is 12.8 Å². The van der Waals surface area contributed by atoms with E-state index in [9.17, 15) is 13.2 Å². The molecule has 0 unspecified atom stereocenters. The van der Waals surface area contributed by atoms with Crippen LogP contribution in [-0.4, -0.2) is 18.9 Å². The van der Waals surface area contributed by atoms with Gasteiger partial charge in [-0.3, -0.25) is 4.79 Å². The second-order valence-corrected chi connectivity index (χ2v) is 7.38. The Kier molecular flexibility index (Phi) is 3.90. The van der Waals surface area contributed by atoms with Gasteiger partial charge in [0.1, 0.15) is 5.78 Å². The zero-order chi connectivity index (χ0) is 13.9. The van der Waals surface area contributed by atoms with E-state index in [4.69, 9.17) is 0 Å². The molecule has 0 saturated heterocycles. The quantitative estimate of drug-likeness (QED) is 0.796. The molecule has 1 aromatic carbocycles. The number of ketones is 1. The van der Waals surface area contributed by atoms with Crippen LogP contribution in [0.2, 0.25) is 0 Å². The minimum atomic E-state index is -3.43. The molecule has 1 aliphatic rings. The average Bonchev–Trinajstić information content (AvgIpc) is 2.42. The molecule has 0 amide bonds. The van der Waals surface area contributed by atoms with E-state index in [0.29, 0.717) is 37.0 Å². The largest absolute Gasteiger partial charge is 0.300 e. The first-order valence-electron chi connectivity index (χ1n) is 6.44. The maximum atomic E-state index is 12.8. The van der Waals surface area contributed by atoms with Gasteiger partial charge in [0.2, 0.25) is 0 Å². The SMILES string of the molecule is C=CCC1(S(=O)(=O)c2ccccc2)CCC(=O)CC1. The Bertz CT molecular complexity index is 563. The van der Waals surface area contributed by atoms with E-state index in [1.54, 1.807) is 36.4 Å². The molecule has 102 valence electrons. The van der Waals surface area contributed by atoms with Crippen molar-refractivity contribution in [3.05, 3.63) is 43.0 Å². The van der Waals surface area contributed by atoms with Gasteiger partial charge in [-0.2, -0.15) is 0 Å². The van der Waals surface area contributed by atoms with Crippen molar-refractivity contribution in [2.75, 3.05) is 0 Å². The van der Waals surface area contributed by atoms with Crippen LogP contribution < -0.4 is 0 Å². The van der Waals surface area contributed by atoms with Crippen LogP contribution in [0.25, 0.3) is 0 Å². The van der Waals surface area contributed by atoms with Crippen LogP contribution >= 0.6 is 0 Å². The highest BCUT2D eigenvalue weighted by Gasteiger charge is 2.45. The molecule has 0 spiro atoms. The summed E-state index contributed by atoms with van der Waals surface area (Å²) in [6.07, 6.45) is 3.54. The molecule has 1 aliphatic carbocycles. The van der Waals surface area contributed by atoms with Gasteiger partial charge >= 0.3 is 0 Å². The summed E-state index contributed by atoms with van der Waals surface area (Å²) in [5.41, 5.74) is 0. The van der Waals surface area contributed by atoms with Crippen molar-refractivity contribution in [2.24, 2.45) is 0 Å². The first kappa shape index (κ1) is 14.0. The average molecular weight is 278 g/mol. The standard InChI is InChI=1S/C15H18O3S/c1-2-10-15(11-8-13(16)9-12-15)19(17,18)14-6-4-3-5-7-14/h2-7H,1,8-12H2. The molecule has 1 aromatic rings. The van der Waals surface area contributed by atoms with E-state index < -0.39 is 14.6 Å². The second kappa shape index (κ2) is 5.29. The van der Waals surface area contributed by atoms with E-state index in [2.05, 4.69) is 6.58 Å². The van der Waals surface area contributed by atoms with Crippen LogP contribution in [0.15, 0.2) is 47.9 Å². The fourth-order valence-electron chi connectivity index (χ4n) is 2.68. The Morgan fingerprint density at radius 1 is 1.16 bits per heavy atom. The summed E-state index contributed by atoms with van der Waals surface area (Å²) in [5.74, 6) is 0.156. The van der Waals surface area contributed by atoms with Crippen LogP contribution in [0.5, 0.6) is 0 Å². The molecule has 0 aromatic heterocycles. The minimum absolute atomic E-state index is 0.156. The number of allylic oxidation sites excluding steroid dienone is 1. The Labute approximate surface area is 114 Å². The molecule has 0 bridgehead atoms. The molecule has 1 fully saturated rings. The third-order valence-electron chi connectivity index (χ3n) is 3.86. The summed E-state index contributed by atoms with van der Waals surface area (Å²) in [4.78, 5) is 11.7. The Hall–Kier alpha value is -1.42. The molecule has 2 rings (SSSR count). The summed E-state index contributed by atoms with van der Waals surface area (Å²) < 4.78 is 24.8. The van der Waals surface area contributed by atoms with E-state index in [0.717, 1.165) is 0 Å². The Balaban J connectivity index is 2.44. The van der Waals surface area contributed by atoms with Gasteiger partial charge < -0.3 is 0 Å². The Morgan fingerprint density at radius 3 is 2.26 bits per heavy atom. The van der Waals surface area contributed by atoms with Crippen LogP contribution in [0.1, 0.15) is 32.1 Å². The van der Waals surface area contributed by atoms with Crippen molar-refractivity contribution in [2.45, 2.75) is 41.7 Å². The van der Waals surface area contributed by atoms with Gasteiger partial charge in [-0.25, -0.2) is 8.42 Å². The summed E-state index contributed by atoms with van der Waals surface area (Å²) in [6, 6.07) is 8.49. The number of rotatable bonds is 4. The van der Waals surface area contributed by atoms with Gasteiger partial charge in [-0.05, 0) is 31.4 Å². The fourth-order valence-corrected chi connectivity index (χ4v) is 4.77. The predicted octanol–water partition coefficient (Wildman–Crippen LogP) is 2.92. The fraction of sp³-hybridized carbons (Fsp3) is 0.400. The number of sulfone groups is 1. The van der Waals surface area contributed by atoms with Gasteiger partial charge in [0.25, 0.3) is 0 Å². The third kappa shape index (κ3) is 2.50. The monoisotopic (exact) mass is 278 g/mol. The molecular formula is C15H18O3S. The lowest BCUT2D eigenvalue weighted by Gasteiger charge is -2.35. The van der Waals surface area contributed by atoms with Gasteiger partial charge in [-0.15, -0.1) is 6.58 Å².